The van der Waals surface area contributed by atoms with E-state index in [1.165, 1.54) is 36.7 Å². The lowest BCUT2D eigenvalue weighted by Crippen LogP contribution is -2.48. The first-order valence-corrected chi connectivity index (χ1v) is 7.12. The Hall–Kier alpha value is -2.63. The standard InChI is InChI=1S/C16H16FN3O2/c17-14-1-3-15(4-2-14)18-9-11-19(12-10-18)16(21)13-5-7-20(22)8-6-13/h1-8H,9-12H2. The second kappa shape index (κ2) is 6.01. The zero-order valence-corrected chi connectivity index (χ0v) is 12.0. The van der Waals surface area contributed by atoms with Crippen molar-refractivity contribution in [3.05, 3.63) is 65.4 Å². The van der Waals surface area contributed by atoms with Crippen LogP contribution in [-0.2, 0) is 0 Å². The third kappa shape index (κ3) is 3.00. The fraction of sp³-hybridized carbons (Fsp3) is 0.250. The van der Waals surface area contributed by atoms with Gasteiger partial charge < -0.3 is 15.0 Å². The topological polar surface area (TPSA) is 50.5 Å². The normalized spacial score (nSPS) is 15.0. The monoisotopic (exact) mass is 301 g/mol. The van der Waals surface area contributed by atoms with Crippen molar-refractivity contribution in [1.82, 2.24) is 4.90 Å². The number of carbonyl (C=O) groups excluding carboxylic acids is 1. The summed E-state index contributed by atoms with van der Waals surface area (Å²) >= 11 is 0. The largest absolute Gasteiger partial charge is 0.619 e. The summed E-state index contributed by atoms with van der Waals surface area (Å²) in [7, 11) is 0. The van der Waals surface area contributed by atoms with Gasteiger partial charge in [-0.2, -0.15) is 4.73 Å². The lowest BCUT2D eigenvalue weighted by Gasteiger charge is -2.36. The van der Waals surface area contributed by atoms with Crippen molar-refractivity contribution in [2.45, 2.75) is 0 Å². The number of rotatable bonds is 2. The number of nitrogens with zero attached hydrogens (tertiary/aromatic N) is 3. The molecule has 0 unspecified atom stereocenters. The van der Waals surface area contributed by atoms with E-state index in [1.807, 2.05) is 0 Å². The molecule has 1 saturated heterocycles. The summed E-state index contributed by atoms with van der Waals surface area (Å²) in [6.07, 6.45) is 2.64. The Morgan fingerprint density at radius 3 is 2.18 bits per heavy atom. The van der Waals surface area contributed by atoms with E-state index in [1.54, 1.807) is 17.0 Å². The van der Waals surface area contributed by atoms with E-state index < -0.39 is 0 Å². The predicted octanol–water partition coefficient (Wildman–Crippen LogP) is 1.42. The van der Waals surface area contributed by atoms with E-state index in [-0.39, 0.29) is 11.7 Å². The molecule has 2 heterocycles. The second-order valence-electron chi connectivity index (χ2n) is 5.20. The molecule has 1 aromatic carbocycles. The molecule has 114 valence electrons. The maximum absolute atomic E-state index is 12.9. The third-order valence-corrected chi connectivity index (χ3v) is 3.81. The first-order chi connectivity index (χ1) is 10.6. The van der Waals surface area contributed by atoms with Crippen LogP contribution in [0.2, 0.25) is 0 Å². The van der Waals surface area contributed by atoms with E-state index in [2.05, 4.69) is 4.90 Å². The number of amides is 1. The van der Waals surface area contributed by atoms with Gasteiger partial charge in [0.25, 0.3) is 5.91 Å². The molecule has 1 fully saturated rings. The Morgan fingerprint density at radius 2 is 1.59 bits per heavy atom. The van der Waals surface area contributed by atoms with Gasteiger partial charge in [-0.3, -0.25) is 4.79 Å². The zero-order chi connectivity index (χ0) is 15.5. The van der Waals surface area contributed by atoms with Crippen molar-refractivity contribution >= 4 is 11.6 Å². The van der Waals surface area contributed by atoms with Gasteiger partial charge in [-0.25, -0.2) is 4.39 Å². The molecule has 1 aromatic heterocycles. The van der Waals surface area contributed by atoms with E-state index in [9.17, 15) is 14.4 Å². The SMILES string of the molecule is O=C(c1cc[n+]([O-])cc1)N1CCN(c2ccc(F)cc2)CC1. The maximum atomic E-state index is 12.9. The maximum Gasteiger partial charge on any atom is 0.254 e. The van der Waals surface area contributed by atoms with Crippen LogP contribution in [0, 0.1) is 11.0 Å². The van der Waals surface area contributed by atoms with Crippen molar-refractivity contribution in [1.29, 1.82) is 0 Å². The third-order valence-electron chi connectivity index (χ3n) is 3.81. The van der Waals surface area contributed by atoms with Gasteiger partial charge in [0.1, 0.15) is 5.82 Å². The molecule has 0 spiro atoms. The van der Waals surface area contributed by atoms with Gasteiger partial charge in [0.05, 0.1) is 5.56 Å². The summed E-state index contributed by atoms with van der Waals surface area (Å²) in [6.45, 7) is 2.60. The van der Waals surface area contributed by atoms with Gasteiger partial charge in [-0.15, -0.1) is 0 Å². The highest BCUT2D eigenvalue weighted by Crippen LogP contribution is 2.17. The Kier molecular flexibility index (Phi) is 3.91. The molecule has 3 rings (SSSR count). The fourth-order valence-corrected chi connectivity index (χ4v) is 2.56. The Balaban J connectivity index is 1.62. The van der Waals surface area contributed by atoms with E-state index >= 15 is 0 Å². The Morgan fingerprint density at radius 1 is 1.00 bits per heavy atom. The average Bonchev–Trinajstić information content (AvgIpc) is 2.56. The van der Waals surface area contributed by atoms with Gasteiger partial charge in [0.2, 0.25) is 0 Å². The van der Waals surface area contributed by atoms with Crippen molar-refractivity contribution < 1.29 is 13.9 Å². The van der Waals surface area contributed by atoms with Crippen LogP contribution in [0.1, 0.15) is 10.4 Å². The summed E-state index contributed by atoms with van der Waals surface area (Å²) in [4.78, 5) is 16.2. The van der Waals surface area contributed by atoms with Crippen LogP contribution in [0.25, 0.3) is 0 Å². The summed E-state index contributed by atoms with van der Waals surface area (Å²) in [5, 5.41) is 11.0. The van der Waals surface area contributed by atoms with Crippen LogP contribution in [0.5, 0.6) is 0 Å². The lowest BCUT2D eigenvalue weighted by atomic mass is 10.2. The molecule has 0 N–H and O–H groups in total. The van der Waals surface area contributed by atoms with Gasteiger partial charge in [-0.1, -0.05) is 0 Å². The van der Waals surface area contributed by atoms with Crippen molar-refractivity contribution in [3.8, 4) is 0 Å². The Bertz CT molecular complexity index is 650. The first-order valence-electron chi connectivity index (χ1n) is 7.12. The first kappa shape index (κ1) is 14.3. The number of anilines is 1. The van der Waals surface area contributed by atoms with Crippen LogP contribution < -0.4 is 9.63 Å². The molecule has 1 aliphatic heterocycles. The Labute approximate surface area is 127 Å². The lowest BCUT2D eigenvalue weighted by molar-refractivity contribution is -0.605. The van der Waals surface area contributed by atoms with Crippen molar-refractivity contribution in [3.63, 3.8) is 0 Å². The number of benzene rings is 1. The smallest absolute Gasteiger partial charge is 0.254 e. The number of piperazine rings is 1. The molecule has 2 aromatic rings. The summed E-state index contributed by atoms with van der Waals surface area (Å²) in [5.41, 5.74) is 1.47. The second-order valence-corrected chi connectivity index (χ2v) is 5.20. The van der Waals surface area contributed by atoms with Gasteiger partial charge in [0, 0.05) is 44.0 Å². The molecule has 1 amide bonds. The molecule has 5 nitrogen and oxygen atoms in total. The van der Waals surface area contributed by atoms with Crippen LogP contribution >= 0.6 is 0 Å². The minimum absolute atomic E-state index is 0.0700. The van der Waals surface area contributed by atoms with Crippen LogP contribution in [-0.4, -0.2) is 37.0 Å². The highest BCUT2D eigenvalue weighted by molar-refractivity contribution is 5.94. The molecule has 0 radical (unpaired) electrons. The summed E-state index contributed by atoms with van der Waals surface area (Å²) in [6, 6.07) is 9.43. The molecule has 6 heteroatoms. The molecule has 0 atom stereocenters. The van der Waals surface area contributed by atoms with Crippen LogP contribution in [0.15, 0.2) is 48.8 Å². The fourth-order valence-electron chi connectivity index (χ4n) is 2.56. The zero-order valence-electron chi connectivity index (χ0n) is 12.0. The minimum Gasteiger partial charge on any atom is -0.619 e. The number of hydrogen-bond acceptors (Lipinski definition) is 3. The van der Waals surface area contributed by atoms with E-state index in [0.717, 1.165) is 5.69 Å². The van der Waals surface area contributed by atoms with Gasteiger partial charge >= 0.3 is 0 Å². The van der Waals surface area contributed by atoms with Crippen molar-refractivity contribution in [2.75, 3.05) is 31.1 Å². The van der Waals surface area contributed by atoms with Crippen LogP contribution in [0.4, 0.5) is 10.1 Å². The van der Waals surface area contributed by atoms with Gasteiger partial charge in [0.15, 0.2) is 12.4 Å². The summed E-state index contributed by atoms with van der Waals surface area (Å²) in [5.74, 6) is -0.323. The highest BCUT2D eigenvalue weighted by Gasteiger charge is 2.22. The molecule has 22 heavy (non-hydrogen) atoms. The summed E-state index contributed by atoms with van der Waals surface area (Å²) < 4.78 is 13.6. The number of carbonyl (C=O) groups is 1. The van der Waals surface area contributed by atoms with Gasteiger partial charge in [-0.05, 0) is 24.3 Å². The number of pyridine rings is 1. The molecule has 0 saturated carbocycles. The number of hydrogen-bond donors (Lipinski definition) is 0. The minimum atomic E-state index is -0.253. The predicted molar refractivity (Wildman–Crippen MR) is 79.9 cm³/mol. The quantitative estimate of drug-likeness (QED) is 0.623. The molecule has 0 bridgehead atoms. The average molecular weight is 301 g/mol. The molecule has 1 aliphatic rings. The van der Waals surface area contributed by atoms with E-state index in [0.29, 0.717) is 36.5 Å². The highest BCUT2D eigenvalue weighted by atomic mass is 19.1. The molecule has 0 aliphatic carbocycles. The van der Waals surface area contributed by atoms with Crippen molar-refractivity contribution in [2.24, 2.45) is 0 Å². The molecular formula is C16H16FN3O2. The number of aromatic nitrogens is 1. The van der Waals surface area contributed by atoms with E-state index in [4.69, 9.17) is 0 Å². The molecular weight excluding hydrogens is 285 g/mol. The number of halogens is 1. The van der Waals surface area contributed by atoms with Crippen LogP contribution in [0.3, 0.4) is 0 Å².